The van der Waals surface area contributed by atoms with E-state index in [1.54, 1.807) is 12.8 Å². The summed E-state index contributed by atoms with van der Waals surface area (Å²) >= 11 is 0. The number of piperazine rings is 1. The Morgan fingerprint density at radius 2 is 1.76 bits per heavy atom. The molecular formula is C13H17N2O2. The third-order valence-electron chi connectivity index (χ3n) is 3.02. The maximum atomic E-state index is 11.8. The summed E-state index contributed by atoms with van der Waals surface area (Å²) in [5, 5.41) is 3.20. The van der Waals surface area contributed by atoms with E-state index in [2.05, 4.69) is 5.32 Å². The molecule has 1 saturated carbocycles. The van der Waals surface area contributed by atoms with E-state index in [1.165, 1.54) is 0 Å². The molecule has 5 radical (unpaired) electrons. The Morgan fingerprint density at radius 3 is 2.41 bits per heavy atom. The lowest BCUT2D eigenvalue weighted by atomic mass is 9.98. The molecule has 2 aliphatic rings. The molecule has 2 fully saturated rings. The second-order valence-corrected chi connectivity index (χ2v) is 4.23. The third-order valence-corrected chi connectivity index (χ3v) is 3.02. The summed E-state index contributed by atoms with van der Waals surface area (Å²) in [6.45, 7) is 3.21. The first-order valence-corrected chi connectivity index (χ1v) is 6.01. The summed E-state index contributed by atoms with van der Waals surface area (Å²) in [7, 11) is 0. The van der Waals surface area contributed by atoms with Gasteiger partial charge >= 0.3 is 0 Å². The Bertz CT molecular complexity index is 279. The Hall–Kier alpha value is -0.900. The predicted octanol–water partition coefficient (Wildman–Crippen LogP) is 0.173. The van der Waals surface area contributed by atoms with Crippen LogP contribution in [0.3, 0.4) is 0 Å². The molecule has 1 aliphatic heterocycles. The number of carbonyl (C=O) groups excluding carboxylic acids is 2. The van der Waals surface area contributed by atoms with Crippen LogP contribution >= 0.6 is 0 Å². The van der Waals surface area contributed by atoms with Gasteiger partial charge in [-0.3, -0.25) is 9.59 Å². The molecule has 91 valence electrons. The summed E-state index contributed by atoms with van der Waals surface area (Å²) < 4.78 is 0. The number of Topliss-reactive ketones (excluding diaryl/α,β-unsaturated/α-hetero) is 1. The van der Waals surface area contributed by atoms with Gasteiger partial charge in [0.15, 0.2) is 0 Å². The SMILES string of the molecule is O=C(CCC(=O)N1CCNCC1)[C]1[CH][CH][CH][CH]1. The lowest BCUT2D eigenvalue weighted by molar-refractivity contribution is -0.133. The van der Waals surface area contributed by atoms with Gasteiger partial charge in [0.1, 0.15) is 5.78 Å². The fraction of sp³-hybridized carbons (Fsp3) is 0.462. The fourth-order valence-corrected chi connectivity index (χ4v) is 2.00. The van der Waals surface area contributed by atoms with E-state index < -0.39 is 0 Å². The first kappa shape index (κ1) is 12.6. The maximum Gasteiger partial charge on any atom is 0.223 e. The first-order valence-electron chi connectivity index (χ1n) is 6.01. The van der Waals surface area contributed by atoms with E-state index in [-0.39, 0.29) is 11.7 Å². The van der Waals surface area contributed by atoms with Crippen molar-refractivity contribution in [2.75, 3.05) is 26.2 Å². The van der Waals surface area contributed by atoms with E-state index >= 15 is 0 Å². The van der Waals surface area contributed by atoms with Crippen molar-refractivity contribution < 1.29 is 9.59 Å². The van der Waals surface area contributed by atoms with Crippen LogP contribution in [-0.2, 0) is 9.59 Å². The van der Waals surface area contributed by atoms with Crippen LogP contribution in [0.15, 0.2) is 0 Å². The lowest BCUT2D eigenvalue weighted by Crippen LogP contribution is -2.46. The van der Waals surface area contributed by atoms with E-state index in [4.69, 9.17) is 0 Å². The molecule has 1 N–H and O–H groups in total. The molecule has 4 nitrogen and oxygen atoms in total. The van der Waals surface area contributed by atoms with Crippen LogP contribution in [0.1, 0.15) is 12.8 Å². The van der Waals surface area contributed by atoms with Crippen LogP contribution in [0.5, 0.6) is 0 Å². The van der Waals surface area contributed by atoms with Gasteiger partial charge in [0.2, 0.25) is 5.91 Å². The molecule has 0 unspecified atom stereocenters. The van der Waals surface area contributed by atoms with Gasteiger partial charge in [-0.2, -0.15) is 0 Å². The number of nitrogens with one attached hydrogen (secondary N) is 1. The van der Waals surface area contributed by atoms with Gasteiger partial charge in [-0.15, -0.1) is 0 Å². The molecule has 2 rings (SSSR count). The van der Waals surface area contributed by atoms with Crippen molar-refractivity contribution in [2.24, 2.45) is 0 Å². The predicted molar refractivity (Wildman–Crippen MR) is 64.1 cm³/mol. The Labute approximate surface area is 103 Å². The number of ketones is 1. The normalized spacial score (nSPS) is 21.8. The van der Waals surface area contributed by atoms with Crippen molar-refractivity contribution in [3.8, 4) is 0 Å². The monoisotopic (exact) mass is 233 g/mol. The zero-order valence-electron chi connectivity index (χ0n) is 9.82. The average molecular weight is 233 g/mol. The van der Waals surface area contributed by atoms with Crippen molar-refractivity contribution in [3.05, 3.63) is 31.6 Å². The van der Waals surface area contributed by atoms with Crippen molar-refractivity contribution in [1.82, 2.24) is 10.2 Å². The topological polar surface area (TPSA) is 49.4 Å². The van der Waals surface area contributed by atoms with Gasteiger partial charge in [-0.25, -0.2) is 0 Å². The summed E-state index contributed by atoms with van der Waals surface area (Å²) in [5.74, 6) is 0.850. The summed E-state index contributed by atoms with van der Waals surface area (Å²) in [4.78, 5) is 25.4. The Morgan fingerprint density at radius 1 is 1.12 bits per heavy atom. The highest BCUT2D eigenvalue weighted by molar-refractivity contribution is 5.99. The second-order valence-electron chi connectivity index (χ2n) is 4.23. The van der Waals surface area contributed by atoms with Crippen LogP contribution in [0.25, 0.3) is 0 Å². The number of amides is 1. The lowest BCUT2D eigenvalue weighted by Gasteiger charge is -2.27. The molecule has 0 spiro atoms. The van der Waals surface area contributed by atoms with Crippen LogP contribution in [0.4, 0.5) is 0 Å². The smallest absolute Gasteiger partial charge is 0.223 e. The largest absolute Gasteiger partial charge is 0.340 e. The quantitative estimate of drug-likeness (QED) is 0.753. The summed E-state index contributed by atoms with van der Waals surface area (Å²) in [6, 6.07) is 0. The Balaban J connectivity index is 1.69. The van der Waals surface area contributed by atoms with Crippen LogP contribution in [-0.4, -0.2) is 42.8 Å². The molecule has 0 aromatic carbocycles. The highest BCUT2D eigenvalue weighted by Gasteiger charge is 2.25. The molecule has 0 atom stereocenters. The molecule has 0 bridgehead atoms. The second kappa shape index (κ2) is 6.15. The minimum absolute atomic E-state index is 0.0542. The molecule has 0 aromatic heterocycles. The zero-order chi connectivity index (χ0) is 12.1. The highest BCUT2D eigenvalue weighted by Crippen LogP contribution is 2.25. The van der Waals surface area contributed by atoms with Crippen molar-refractivity contribution >= 4 is 11.7 Å². The van der Waals surface area contributed by atoms with Crippen molar-refractivity contribution in [2.45, 2.75) is 12.8 Å². The van der Waals surface area contributed by atoms with Gasteiger partial charge in [-0.1, -0.05) is 0 Å². The molecular weight excluding hydrogens is 216 g/mol. The van der Waals surface area contributed by atoms with Gasteiger partial charge in [0, 0.05) is 44.9 Å². The van der Waals surface area contributed by atoms with Crippen molar-refractivity contribution in [3.63, 3.8) is 0 Å². The van der Waals surface area contributed by atoms with Crippen LogP contribution in [0.2, 0.25) is 0 Å². The number of hydrogen-bond acceptors (Lipinski definition) is 3. The van der Waals surface area contributed by atoms with E-state index in [1.807, 2.05) is 17.7 Å². The molecule has 4 heteroatoms. The number of nitrogens with zero attached hydrogens (tertiary/aromatic N) is 1. The van der Waals surface area contributed by atoms with E-state index in [0.717, 1.165) is 26.2 Å². The highest BCUT2D eigenvalue weighted by atomic mass is 16.2. The average Bonchev–Trinajstić information content (AvgIpc) is 2.90. The fourth-order valence-electron chi connectivity index (χ4n) is 2.00. The molecule has 1 heterocycles. The van der Waals surface area contributed by atoms with Gasteiger partial charge in [-0.05, 0) is 25.7 Å². The molecule has 1 aliphatic carbocycles. The first-order chi connectivity index (χ1) is 8.27. The third kappa shape index (κ3) is 3.53. The minimum atomic E-state index is 0.0542. The number of carbonyl (C=O) groups is 2. The standard InChI is InChI=1S/C13H17N2O2/c16-12(11-3-1-2-4-11)5-6-13(17)15-9-7-14-8-10-15/h1-4,14H,5-10H2. The van der Waals surface area contributed by atoms with Crippen LogP contribution < -0.4 is 5.32 Å². The van der Waals surface area contributed by atoms with E-state index in [0.29, 0.717) is 18.8 Å². The number of rotatable bonds is 4. The summed E-state index contributed by atoms with van der Waals surface area (Å²) in [6.07, 6.45) is 7.89. The molecule has 1 amide bonds. The van der Waals surface area contributed by atoms with Gasteiger partial charge < -0.3 is 10.2 Å². The summed E-state index contributed by atoms with van der Waals surface area (Å²) in [5.41, 5.74) is 0. The van der Waals surface area contributed by atoms with Crippen molar-refractivity contribution in [1.29, 1.82) is 0 Å². The van der Waals surface area contributed by atoms with E-state index in [9.17, 15) is 9.59 Å². The zero-order valence-corrected chi connectivity index (χ0v) is 9.82. The minimum Gasteiger partial charge on any atom is -0.340 e. The van der Waals surface area contributed by atoms with Gasteiger partial charge in [0.25, 0.3) is 0 Å². The molecule has 17 heavy (non-hydrogen) atoms. The number of hydrogen-bond donors (Lipinski definition) is 1. The Kier molecular flexibility index (Phi) is 4.54. The molecule has 0 aromatic rings. The van der Waals surface area contributed by atoms with Crippen LogP contribution in [0, 0.1) is 31.6 Å². The van der Waals surface area contributed by atoms with Gasteiger partial charge in [0.05, 0.1) is 0 Å². The molecule has 1 saturated heterocycles. The maximum absolute atomic E-state index is 11.8.